The Morgan fingerprint density at radius 3 is 2.38 bits per heavy atom. The molecule has 2 aromatic rings. The van der Waals surface area contributed by atoms with E-state index >= 15 is 0 Å². The lowest BCUT2D eigenvalue weighted by molar-refractivity contribution is -0.113. The molecule has 0 aliphatic carbocycles. The SMILES string of the molecule is O=C1S/C(=C/c2ccncc2)C(=O)N1c1ccc(O)cc1. The quantitative estimate of drug-likeness (QED) is 0.863. The van der Waals surface area contributed by atoms with Gasteiger partial charge >= 0.3 is 0 Å². The van der Waals surface area contributed by atoms with Crippen molar-refractivity contribution in [3.05, 3.63) is 59.3 Å². The number of phenols is 1. The van der Waals surface area contributed by atoms with Crippen LogP contribution in [0, 0.1) is 0 Å². The van der Waals surface area contributed by atoms with Gasteiger partial charge in [-0.3, -0.25) is 14.6 Å². The fourth-order valence-corrected chi connectivity index (χ4v) is 2.74. The molecule has 5 nitrogen and oxygen atoms in total. The number of rotatable bonds is 2. The number of thioether (sulfide) groups is 1. The van der Waals surface area contributed by atoms with E-state index in [1.165, 1.54) is 24.3 Å². The van der Waals surface area contributed by atoms with Gasteiger partial charge in [-0.1, -0.05) is 0 Å². The molecule has 1 N–H and O–H groups in total. The number of phenolic OH excluding ortho intramolecular Hbond substituents is 1. The van der Waals surface area contributed by atoms with Crippen molar-refractivity contribution in [1.82, 2.24) is 4.98 Å². The second-order valence-corrected chi connectivity index (χ2v) is 5.31. The van der Waals surface area contributed by atoms with Crippen LogP contribution in [-0.2, 0) is 4.79 Å². The summed E-state index contributed by atoms with van der Waals surface area (Å²) in [5, 5.41) is 8.91. The van der Waals surface area contributed by atoms with Crippen LogP contribution in [0.2, 0.25) is 0 Å². The Labute approximate surface area is 124 Å². The van der Waals surface area contributed by atoms with Gasteiger partial charge in [0.1, 0.15) is 5.75 Å². The summed E-state index contributed by atoms with van der Waals surface area (Å²) in [6.45, 7) is 0. The molecular weight excluding hydrogens is 288 g/mol. The van der Waals surface area contributed by atoms with Crippen molar-refractivity contribution in [2.75, 3.05) is 4.90 Å². The van der Waals surface area contributed by atoms with Gasteiger partial charge in [-0.2, -0.15) is 0 Å². The van der Waals surface area contributed by atoms with E-state index in [0.717, 1.165) is 22.2 Å². The first-order valence-corrected chi connectivity index (χ1v) is 6.94. The number of amides is 2. The summed E-state index contributed by atoms with van der Waals surface area (Å²) in [5.74, 6) is -0.287. The minimum absolute atomic E-state index is 0.0815. The van der Waals surface area contributed by atoms with Gasteiger partial charge in [-0.05, 0) is 59.8 Å². The van der Waals surface area contributed by atoms with Gasteiger partial charge in [-0.15, -0.1) is 0 Å². The molecule has 0 saturated carbocycles. The summed E-state index contributed by atoms with van der Waals surface area (Å²) < 4.78 is 0. The molecule has 1 aromatic carbocycles. The number of aromatic nitrogens is 1. The Morgan fingerprint density at radius 2 is 1.71 bits per heavy atom. The van der Waals surface area contributed by atoms with Gasteiger partial charge in [0.05, 0.1) is 10.6 Å². The van der Waals surface area contributed by atoms with Crippen molar-refractivity contribution in [3.8, 4) is 5.75 Å². The number of hydrogen-bond acceptors (Lipinski definition) is 5. The van der Waals surface area contributed by atoms with Crippen LogP contribution in [0.5, 0.6) is 5.75 Å². The monoisotopic (exact) mass is 298 g/mol. The Hall–Kier alpha value is -2.60. The molecule has 1 aliphatic heterocycles. The van der Waals surface area contributed by atoms with Crippen LogP contribution in [-0.4, -0.2) is 21.2 Å². The normalized spacial score (nSPS) is 16.8. The van der Waals surface area contributed by atoms with Crippen LogP contribution < -0.4 is 4.90 Å². The predicted octanol–water partition coefficient (Wildman–Crippen LogP) is 3.03. The number of anilines is 1. The predicted molar refractivity (Wildman–Crippen MR) is 80.8 cm³/mol. The summed E-state index contributed by atoms with van der Waals surface area (Å²) in [5.41, 5.74) is 1.25. The number of carbonyl (C=O) groups is 2. The Bertz CT molecular complexity index is 726. The number of benzene rings is 1. The highest BCUT2D eigenvalue weighted by Crippen LogP contribution is 2.35. The highest BCUT2D eigenvalue weighted by atomic mass is 32.2. The molecule has 0 unspecified atom stereocenters. The maximum atomic E-state index is 12.3. The van der Waals surface area contributed by atoms with Crippen molar-refractivity contribution in [2.24, 2.45) is 0 Å². The summed E-state index contributed by atoms with van der Waals surface area (Å²) >= 11 is 0.891. The number of pyridine rings is 1. The van der Waals surface area contributed by atoms with Gasteiger partial charge in [0, 0.05) is 12.4 Å². The van der Waals surface area contributed by atoms with Crippen molar-refractivity contribution in [3.63, 3.8) is 0 Å². The van der Waals surface area contributed by atoms with E-state index in [4.69, 9.17) is 0 Å². The second kappa shape index (κ2) is 5.41. The molecule has 0 bridgehead atoms. The number of aromatic hydroxyl groups is 1. The summed E-state index contributed by atoms with van der Waals surface area (Å²) in [4.78, 5) is 29.7. The molecule has 6 heteroatoms. The molecule has 3 rings (SSSR count). The maximum Gasteiger partial charge on any atom is 0.298 e. The van der Waals surface area contributed by atoms with E-state index in [1.54, 1.807) is 30.6 Å². The van der Waals surface area contributed by atoms with Crippen molar-refractivity contribution in [2.45, 2.75) is 0 Å². The zero-order chi connectivity index (χ0) is 14.8. The van der Waals surface area contributed by atoms with Gasteiger partial charge < -0.3 is 5.11 Å². The minimum Gasteiger partial charge on any atom is -0.508 e. The fourth-order valence-electron chi connectivity index (χ4n) is 1.90. The lowest BCUT2D eigenvalue weighted by atomic mass is 10.2. The zero-order valence-electron chi connectivity index (χ0n) is 10.8. The largest absolute Gasteiger partial charge is 0.508 e. The van der Waals surface area contributed by atoms with Crippen LogP contribution in [0.25, 0.3) is 6.08 Å². The Kier molecular flexibility index (Phi) is 3.45. The molecular formula is C15H10N2O3S. The summed E-state index contributed by atoms with van der Waals surface area (Å²) in [6, 6.07) is 9.45. The standard InChI is InChI=1S/C15H10N2O3S/c18-12-3-1-11(2-4-12)17-14(19)13(21-15(17)20)9-10-5-7-16-8-6-10/h1-9,18H/b13-9+. The minimum atomic E-state index is -0.368. The first-order valence-electron chi connectivity index (χ1n) is 6.12. The molecule has 0 spiro atoms. The maximum absolute atomic E-state index is 12.3. The molecule has 2 heterocycles. The van der Waals surface area contributed by atoms with Crippen LogP contribution in [0.15, 0.2) is 53.7 Å². The molecule has 0 radical (unpaired) electrons. The van der Waals surface area contributed by atoms with E-state index in [2.05, 4.69) is 4.98 Å². The molecule has 1 fully saturated rings. The van der Waals surface area contributed by atoms with Gasteiger partial charge in [0.2, 0.25) is 0 Å². The van der Waals surface area contributed by atoms with Gasteiger partial charge in [-0.25, -0.2) is 4.90 Å². The first kappa shape index (κ1) is 13.4. The zero-order valence-corrected chi connectivity index (χ0v) is 11.6. The van der Waals surface area contributed by atoms with Crippen LogP contribution in [0.4, 0.5) is 10.5 Å². The summed E-state index contributed by atoms with van der Waals surface area (Å²) in [7, 11) is 0. The van der Waals surface area contributed by atoms with E-state index < -0.39 is 0 Å². The highest BCUT2D eigenvalue weighted by molar-refractivity contribution is 8.19. The number of carbonyl (C=O) groups excluding carboxylic acids is 2. The first-order chi connectivity index (χ1) is 10.1. The number of hydrogen-bond donors (Lipinski definition) is 1. The fraction of sp³-hybridized carbons (Fsp3) is 0. The summed E-state index contributed by atoms with van der Waals surface area (Å²) in [6.07, 6.45) is 4.90. The van der Waals surface area contributed by atoms with Crippen LogP contribution in [0.1, 0.15) is 5.56 Å². The number of nitrogens with zero attached hydrogens (tertiary/aromatic N) is 2. The lowest BCUT2D eigenvalue weighted by Crippen LogP contribution is -2.27. The third kappa shape index (κ3) is 2.66. The molecule has 1 saturated heterocycles. The molecule has 0 atom stereocenters. The smallest absolute Gasteiger partial charge is 0.298 e. The molecule has 21 heavy (non-hydrogen) atoms. The molecule has 1 aromatic heterocycles. The molecule has 2 amide bonds. The molecule has 1 aliphatic rings. The van der Waals surface area contributed by atoms with Crippen LogP contribution in [0.3, 0.4) is 0 Å². The van der Waals surface area contributed by atoms with Crippen molar-refractivity contribution in [1.29, 1.82) is 0 Å². The van der Waals surface area contributed by atoms with Crippen molar-refractivity contribution < 1.29 is 14.7 Å². The van der Waals surface area contributed by atoms with Crippen LogP contribution >= 0.6 is 11.8 Å². The highest BCUT2D eigenvalue weighted by Gasteiger charge is 2.36. The van der Waals surface area contributed by atoms with Gasteiger partial charge in [0.15, 0.2) is 0 Å². The van der Waals surface area contributed by atoms with Gasteiger partial charge in [0.25, 0.3) is 11.1 Å². The third-order valence-electron chi connectivity index (χ3n) is 2.91. The second-order valence-electron chi connectivity index (χ2n) is 4.31. The molecule has 104 valence electrons. The number of imide groups is 1. The van der Waals surface area contributed by atoms with Crippen molar-refractivity contribution >= 4 is 34.7 Å². The average Bonchev–Trinajstić information content (AvgIpc) is 2.76. The van der Waals surface area contributed by atoms with E-state index in [-0.39, 0.29) is 16.9 Å². The topological polar surface area (TPSA) is 70.5 Å². The lowest BCUT2D eigenvalue weighted by Gasteiger charge is -2.12. The third-order valence-corrected chi connectivity index (χ3v) is 3.78. The Morgan fingerprint density at radius 1 is 1.05 bits per heavy atom. The van der Waals surface area contributed by atoms with E-state index in [9.17, 15) is 14.7 Å². The van der Waals surface area contributed by atoms with E-state index in [1.807, 2.05) is 0 Å². The average molecular weight is 298 g/mol. The van der Waals surface area contributed by atoms with E-state index in [0.29, 0.717) is 10.6 Å². The Balaban J connectivity index is 1.92.